The van der Waals surface area contributed by atoms with Crippen LogP contribution in [0.1, 0.15) is 12.5 Å². The zero-order valence-electron chi connectivity index (χ0n) is 18.0. The third-order valence-electron chi connectivity index (χ3n) is 5.16. The Morgan fingerprint density at radius 3 is 2.16 bits per heavy atom. The Kier molecular flexibility index (Phi) is 7.97. The third-order valence-corrected chi connectivity index (χ3v) is 5.16. The predicted octanol–water partition coefficient (Wildman–Crippen LogP) is 2.87. The van der Waals surface area contributed by atoms with Crippen LogP contribution >= 0.6 is 0 Å². The number of ether oxygens (including phenoxy) is 1. The summed E-state index contributed by atoms with van der Waals surface area (Å²) in [7, 11) is 0. The largest absolute Gasteiger partial charge is 0.378 e. The van der Waals surface area contributed by atoms with E-state index in [-0.39, 0.29) is 30.7 Å². The highest BCUT2D eigenvalue weighted by molar-refractivity contribution is 5.94. The van der Waals surface area contributed by atoms with E-state index in [9.17, 15) is 14.0 Å². The maximum Gasteiger partial charge on any atom is 0.238 e. The molecule has 166 valence electrons. The number of rotatable bonds is 8. The number of nitrogens with zero attached hydrogens (tertiary/aromatic N) is 2. The molecule has 2 aromatic rings. The van der Waals surface area contributed by atoms with E-state index in [0.29, 0.717) is 23.5 Å². The molecule has 2 amide bonds. The zero-order chi connectivity index (χ0) is 22.2. The van der Waals surface area contributed by atoms with Crippen molar-refractivity contribution in [3.8, 4) is 0 Å². The minimum Gasteiger partial charge on any atom is -0.378 e. The molecule has 31 heavy (non-hydrogen) atoms. The van der Waals surface area contributed by atoms with E-state index in [1.165, 1.54) is 6.07 Å². The first-order valence-electron chi connectivity index (χ1n) is 10.5. The number of morpholine rings is 1. The second kappa shape index (κ2) is 10.9. The lowest BCUT2D eigenvalue weighted by Gasteiger charge is -2.29. The molecule has 1 fully saturated rings. The zero-order valence-corrected chi connectivity index (χ0v) is 18.0. The van der Waals surface area contributed by atoms with E-state index in [2.05, 4.69) is 15.5 Å². The average Bonchev–Trinajstić information content (AvgIpc) is 2.77. The molecule has 1 heterocycles. The van der Waals surface area contributed by atoms with Crippen molar-refractivity contribution >= 4 is 28.9 Å². The van der Waals surface area contributed by atoms with Gasteiger partial charge < -0.3 is 20.3 Å². The van der Waals surface area contributed by atoms with Crippen LogP contribution in [-0.2, 0) is 14.3 Å². The molecule has 0 atom stereocenters. The Morgan fingerprint density at radius 1 is 1.00 bits per heavy atom. The van der Waals surface area contributed by atoms with E-state index >= 15 is 0 Å². The van der Waals surface area contributed by atoms with Crippen molar-refractivity contribution in [1.29, 1.82) is 0 Å². The predicted molar refractivity (Wildman–Crippen MR) is 120 cm³/mol. The third kappa shape index (κ3) is 6.77. The Morgan fingerprint density at radius 2 is 1.58 bits per heavy atom. The molecule has 1 aliphatic heterocycles. The van der Waals surface area contributed by atoms with Crippen molar-refractivity contribution in [3.05, 3.63) is 53.8 Å². The molecule has 1 aliphatic rings. The van der Waals surface area contributed by atoms with E-state index in [1.807, 2.05) is 31.2 Å². The lowest BCUT2D eigenvalue weighted by atomic mass is 10.2. The Hall–Kier alpha value is -2.97. The lowest BCUT2D eigenvalue weighted by molar-refractivity contribution is -0.119. The standard InChI is InChI=1S/C23H29FN4O3/c1-3-27(16-23(30)26-19-5-4-17(2)21(24)14-19)15-22(29)25-18-6-8-20(9-7-18)28-10-12-31-13-11-28/h4-9,14H,3,10-13,15-16H2,1-2H3,(H,25,29)(H,26,30). The fourth-order valence-electron chi connectivity index (χ4n) is 3.33. The van der Waals surface area contributed by atoms with E-state index < -0.39 is 0 Å². The molecule has 2 N–H and O–H groups in total. The number of aryl methyl sites for hydroxylation is 1. The number of hydrogen-bond acceptors (Lipinski definition) is 5. The van der Waals surface area contributed by atoms with Crippen LogP contribution in [-0.4, -0.2) is 62.7 Å². The van der Waals surface area contributed by atoms with Crippen LogP contribution in [0.25, 0.3) is 0 Å². The number of carbonyl (C=O) groups excluding carboxylic acids is 2. The fraction of sp³-hybridized carbons (Fsp3) is 0.391. The maximum atomic E-state index is 13.6. The van der Waals surface area contributed by atoms with Crippen molar-refractivity contribution < 1.29 is 18.7 Å². The molecule has 1 saturated heterocycles. The van der Waals surface area contributed by atoms with Gasteiger partial charge >= 0.3 is 0 Å². The summed E-state index contributed by atoms with van der Waals surface area (Å²) in [6.07, 6.45) is 0. The minimum absolute atomic E-state index is 0.0371. The van der Waals surface area contributed by atoms with Crippen molar-refractivity contribution in [2.45, 2.75) is 13.8 Å². The normalized spacial score (nSPS) is 13.9. The summed E-state index contributed by atoms with van der Waals surface area (Å²) in [5, 5.41) is 5.54. The number of carbonyl (C=O) groups is 2. The molecule has 0 bridgehead atoms. The van der Waals surface area contributed by atoms with Gasteiger partial charge in [0.25, 0.3) is 0 Å². The Balaban J connectivity index is 1.48. The molecule has 2 aromatic carbocycles. The van der Waals surface area contributed by atoms with Gasteiger partial charge in [-0.15, -0.1) is 0 Å². The van der Waals surface area contributed by atoms with Gasteiger partial charge in [0.2, 0.25) is 11.8 Å². The highest BCUT2D eigenvalue weighted by Gasteiger charge is 2.15. The van der Waals surface area contributed by atoms with Gasteiger partial charge in [-0.25, -0.2) is 4.39 Å². The van der Waals surface area contributed by atoms with Crippen LogP contribution in [0, 0.1) is 12.7 Å². The summed E-state index contributed by atoms with van der Waals surface area (Å²) >= 11 is 0. The second-order valence-electron chi connectivity index (χ2n) is 7.51. The quantitative estimate of drug-likeness (QED) is 0.676. The molecule has 8 heteroatoms. The minimum atomic E-state index is -0.371. The number of amides is 2. The van der Waals surface area contributed by atoms with Crippen LogP contribution in [0.3, 0.4) is 0 Å². The van der Waals surface area contributed by atoms with Gasteiger partial charge in [-0.05, 0) is 55.4 Å². The highest BCUT2D eigenvalue weighted by atomic mass is 19.1. The smallest absolute Gasteiger partial charge is 0.238 e. The molecule has 0 aromatic heterocycles. The molecule has 7 nitrogen and oxygen atoms in total. The number of benzene rings is 2. The number of anilines is 3. The first-order chi connectivity index (χ1) is 14.9. The van der Waals surface area contributed by atoms with Gasteiger partial charge in [0.15, 0.2) is 0 Å². The maximum absolute atomic E-state index is 13.6. The Bertz CT molecular complexity index is 898. The first kappa shape index (κ1) is 22.7. The van der Waals surface area contributed by atoms with Crippen molar-refractivity contribution in [1.82, 2.24) is 4.90 Å². The SMILES string of the molecule is CCN(CC(=O)Nc1ccc(N2CCOCC2)cc1)CC(=O)Nc1ccc(C)c(F)c1. The monoisotopic (exact) mass is 428 g/mol. The van der Waals surface area contributed by atoms with Crippen LogP contribution in [0.2, 0.25) is 0 Å². The summed E-state index contributed by atoms with van der Waals surface area (Å²) in [6.45, 7) is 7.34. The van der Waals surface area contributed by atoms with Gasteiger partial charge in [-0.3, -0.25) is 14.5 Å². The molecular weight excluding hydrogens is 399 g/mol. The summed E-state index contributed by atoms with van der Waals surface area (Å²) in [5.74, 6) is -0.868. The summed E-state index contributed by atoms with van der Waals surface area (Å²) in [6, 6.07) is 12.3. The van der Waals surface area contributed by atoms with E-state index in [4.69, 9.17) is 4.74 Å². The molecule has 0 saturated carbocycles. The van der Waals surface area contributed by atoms with E-state index in [1.54, 1.807) is 24.0 Å². The van der Waals surface area contributed by atoms with Gasteiger partial charge in [0.1, 0.15) is 5.82 Å². The van der Waals surface area contributed by atoms with Crippen molar-refractivity contribution in [2.24, 2.45) is 0 Å². The number of hydrogen-bond donors (Lipinski definition) is 2. The second-order valence-corrected chi connectivity index (χ2v) is 7.51. The molecular formula is C23H29FN4O3. The fourth-order valence-corrected chi connectivity index (χ4v) is 3.33. The number of halogens is 1. The molecule has 0 unspecified atom stereocenters. The van der Waals surface area contributed by atoms with Crippen LogP contribution in [0.5, 0.6) is 0 Å². The van der Waals surface area contributed by atoms with Crippen molar-refractivity contribution in [3.63, 3.8) is 0 Å². The van der Waals surface area contributed by atoms with Gasteiger partial charge in [-0.2, -0.15) is 0 Å². The lowest BCUT2D eigenvalue weighted by Crippen LogP contribution is -2.38. The first-order valence-corrected chi connectivity index (χ1v) is 10.5. The number of likely N-dealkylation sites (N-methyl/N-ethyl adjacent to an activating group) is 1. The summed E-state index contributed by atoms with van der Waals surface area (Å²) in [4.78, 5) is 28.7. The topological polar surface area (TPSA) is 73.9 Å². The van der Waals surface area contributed by atoms with Gasteiger partial charge in [0.05, 0.1) is 26.3 Å². The molecule has 3 rings (SSSR count). The van der Waals surface area contributed by atoms with Crippen LogP contribution in [0.15, 0.2) is 42.5 Å². The molecule has 0 radical (unpaired) electrons. The molecule has 0 spiro atoms. The van der Waals surface area contributed by atoms with E-state index in [0.717, 1.165) is 32.0 Å². The summed E-state index contributed by atoms with van der Waals surface area (Å²) < 4.78 is 19.0. The van der Waals surface area contributed by atoms with Crippen LogP contribution < -0.4 is 15.5 Å². The Labute approximate surface area is 182 Å². The van der Waals surface area contributed by atoms with Crippen LogP contribution in [0.4, 0.5) is 21.5 Å². The highest BCUT2D eigenvalue weighted by Crippen LogP contribution is 2.19. The summed E-state index contributed by atoms with van der Waals surface area (Å²) in [5.41, 5.74) is 2.72. The van der Waals surface area contributed by atoms with Gasteiger partial charge in [-0.1, -0.05) is 13.0 Å². The number of nitrogens with one attached hydrogen (secondary N) is 2. The average molecular weight is 429 g/mol. The van der Waals surface area contributed by atoms with Gasteiger partial charge in [0, 0.05) is 30.2 Å². The van der Waals surface area contributed by atoms with Crippen molar-refractivity contribution in [2.75, 3.05) is 61.5 Å². The molecule has 0 aliphatic carbocycles.